The summed E-state index contributed by atoms with van der Waals surface area (Å²) in [6.07, 6.45) is 67.9. The molecule has 0 spiro atoms. The van der Waals surface area contributed by atoms with Crippen molar-refractivity contribution >= 4 is 23.9 Å². The fraction of sp³-hybridized carbons (Fsp3) is 0.726. The van der Waals surface area contributed by atoms with Gasteiger partial charge in [-0.15, -0.1) is 0 Å². The lowest BCUT2D eigenvalue weighted by Gasteiger charge is -2.40. The number of hydrogen-bond acceptors (Lipinski definition) is 11. The molecule has 1 aliphatic rings. The molecule has 3 N–H and O–H groups in total. The zero-order chi connectivity index (χ0) is 61.7. The molecule has 1 saturated heterocycles. The Kier molecular flexibility index (Phi) is 55.5. The first kappa shape index (κ1) is 78.7. The van der Waals surface area contributed by atoms with Gasteiger partial charge in [0.2, 0.25) is 0 Å². The molecule has 0 amide bonds. The van der Waals surface area contributed by atoms with Gasteiger partial charge in [-0.05, 0) is 96.3 Å². The van der Waals surface area contributed by atoms with Crippen LogP contribution in [0.3, 0.4) is 0 Å². The SMILES string of the molecule is CC/C=C\C/C=C\C/C=C\C/C=C\CCCCCCCCC(=O)OC1C(OCC(COC(=O)CCCCCCCCCCCCCCCCCCCCC)OC(=O)CCCCCC/C=C\C/C=C\C/C=C\C/C=C\CC)OC(C(=O)O)C(O)C1O. The van der Waals surface area contributed by atoms with Gasteiger partial charge in [-0.3, -0.25) is 14.4 Å². The second kappa shape index (κ2) is 59.9. The summed E-state index contributed by atoms with van der Waals surface area (Å²) in [5.41, 5.74) is 0. The fourth-order valence-electron chi connectivity index (χ4n) is 10.00. The highest BCUT2D eigenvalue weighted by Gasteiger charge is 2.50. The second-order valence-corrected chi connectivity index (χ2v) is 23.1. The predicted octanol–water partition coefficient (Wildman–Crippen LogP) is 18.8. The van der Waals surface area contributed by atoms with Crippen LogP contribution >= 0.6 is 0 Å². The first-order chi connectivity index (χ1) is 41.6. The maximum absolute atomic E-state index is 13.2. The highest BCUT2D eigenvalue weighted by molar-refractivity contribution is 5.74. The molecular formula is C73H122O12. The Morgan fingerprint density at radius 1 is 0.400 bits per heavy atom. The Labute approximate surface area is 517 Å². The van der Waals surface area contributed by atoms with E-state index in [1.807, 2.05) is 0 Å². The molecule has 12 nitrogen and oxygen atoms in total. The molecule has 1 heterocycles. The van der Waals surface area contributed by atoms with Crippen LogP contribution in [0.1, 0.15) is 290 Å². The molecule has 486 valence electrons. The van der Waals surface area contributed by atoms with Crippen molar-refractivity contribution in [1.29, 1.82) is 0 Å². The Morgan fingerprint density at radius 3 is 1.13 bits per heavy atom. The number of carbonyl (C=O) groups is 4. The third-order valence-corrected chi connectivity index (χ3v) is 15.2. The van der Waals surface area contributed by atoms with E-state index in [2.05, 4.69) is 118 Å². The Morgan fingerprint density at radius 2 is 0.741 bits per heavy atom. The van der Waals surface area contributed by atoms with Crippen LogP contribution in [0.4, 0.5) is 0 Å². The lowest BCUT2D eigenvalue weighted by molar-refractivity contribution is -0.301. The summed E-state index contributed by atoms with van der Waals surface area (Å²) in [6, 6.07) is 0. The lowest BCUT2D eigenvalue weighted by Crippen LogP contribution is -2.61. The molecule has 0 aliphatic carbocycles. The van der Waals surface area contributed by atoms with Crippen LogP contribution in [0.5, 0.6) is 0 Å². The first-order valence-electron chi connectivity index (χ1n) is 34.2. The van der Waals surface area contributed by atoms with Gasteiger partial charge in [0.05, 0.1) is 6.61 Å². The molecule has 1 fully saturated rings. The third kappa shape index (κ3) is 49.3. The highest BCUT2D eigenvalue weighted by atomic mass is 16.7. The summed E-state index contributed by atoms with van der Waals surface area (Å²) >= 11 is 0. The maximum Gasteiger partial charge on any atom is 0.335 e. The zero-order valence-electron chi connectivity index (χ0n) is 53.8. The van der Waals surface area contributed by atoms with Crippen LogP contribution in [0.2, 0.25) is 0 Å². The third-order valence-electron chi connectivity index (χ3n) is 15.2. The topological polar surface area (TPSA) is 175 Å². The molecule has 85 heavy (non-hydrogen) atoms. The molecule has 1 aliphatic heterocycles. The van der Waals surface area contributed by atoms with E-state index in [0.29, 0.717) is 19.3 Å². The molecular weight excluding hydrogens is 1070 g/mol. The van der Waals surface area contributed by atoms with Crippen LogP contribution in [0.25, 0.3) is 0 Å². The number of allylic oxidation sites excluding steroid dienone is 16. The van der Waals surface area contributed by atoms with Gasteiger partial charge in [-0.25, -0.2) is 4.79 Å². The molecule has 0 radical (unpaired) electrons. The minimum Gasteiger partial charge on any atom is -0.479 e. The van der Waals surface area contributed by atoms with E-state index in [-0.39, 0.29) is 25.9 Å². The molecule has 1 rings (SSSR count). The van der Waals surface area contributed by atoms with Gasteiger partial charge in [0.15, 0.2) is 24.6 Å². The molecule has 6 unspecified atom stereocenters. The van der Waals surface area contributed by atoms with E-state index in [0.717, 1.165) is 135 Å². The maximum atomic E-state index is 13.2. The number of aliphatic carboxylic acids is 1. The van der Waals surface area contributed by atoms with Crippen LogP contribution < -0.4 is 0 Å². The Balaban J connectivity index is 2.66. The van der Waals surface area contributed by atoms with Crippen molar-refractivity contribution in [3.05, 3.63) is 97.2 Å². The van der Waals surface area contributed by atoms with Crippen LogP contribution in [-0.2, 0) is 42.9 Å². The minimum atomic E-state index is -1.92. The van der Waals surface area contributed by atoms with E-state index < -0.39 is 67.3 Å². The van der Waals surface area contributed by atoms with Crippen LogP contribution in [0.15, 0.2) is 97.2 Å². The van der Waals surface area contributed by atoms with Crippen molar-refractivity contribution in [1.82, 2.24) is 0 Å². The van der Waals surface area contributed by atoms with Crippen molar-refractivity contribution in [2.24, 2.45) is 0 Å². The Hall–Kier alpha value is -4.36. The van der Waals surface area contributed by atoms with Gasteiger partial charge in [-0.2, -0.15) is 0 Å². The summed E-state index contributed by atoms with van der Waals surface area (Å²) in [6.45, 7) is 5.79. The number of carboxylic acids is 1. The number of rotatable bonds is 58. The summed E-state index contributed by atoms with van der Waals surface area (Å²) in [7, 11) is 0. The van der Waals surface area contributed by atoms with E-state index in [1.54, 1.807) is 0 Å². The summed E-state index contributed by atoms with van der Waals surface area (Å²) < 4.78 is 28.6. The lowest BCUT2D eigenvalue weighted by atomic mass is 9.98. The standard InChI is InChI=1S/C73H122O12/c1-4-7-10-13-16-19-22-25-28-31-33-36-38-41-44-47-50-53-56-59-65(74)81-62-64(83-66(75)60-57-54-51-48-45-42-39-35-30-27-24-21-18-15-12-9-6-3)63-82-73-71(69(78)68(77)70(85-73)72(79)80)84-67(76)61-58-55-52-49-46-43-40-37-34-32-29-26-23-20-17-14-11-8-5-2/h8-9,11-12,17-18,20-21,26-27,29-30,34,37,39,42,64,68-71,73,77-78H,4-7,10,13-16,19,22-25,28,31-33,35-36,38,40-41,43-63H2,1-3H3,(H,79,80)/b11-8-,12-9-,20-17-,21-18-,29-26-,30-27-,37-34-,42-39-. The summed E-state index contributed by atoms with van der Waals surface area (Å²) in [4.78, 5) is 51.5. The van der Waals surface area contributed by atoms with Crippen LogP contribution in [0, 0.1) is 0 Å². The highest BCUT2D eigenvalue weighted by Crippen LogP contribution is 2.27. The van der Waals surface area contributed by atoms with Gasteiger partial charge in [0.25, 0.3) is 0 Å². The first-order valence-corrected chi connectivity index (χ1v) is 34.2. The predicted molar refractivity (Wildman–Crippen MR) is 349 cm³/mol. The normalized spacial score (nSPS) is 18.1. The molecule has 0 bridgehead atoms. The number of hydrogen-bond donors (Lipinski definition) is 3. The van der Waals surface area contributed by atoms with E-state index >= 15 is 0 Å². The van der Waals surface area contributed by atoms with Gasteiger partial charge in [0, 0.05) is 19.3 Å². The number of carbonyl (C=O) groups excluding carboxylic acids is 3. The molecule has 0 aromatic carbocycles. The zero-order valence-corrected chi connectivity index (χ0v) is 53.8. The van der Waals surface area contributed by atoms with E-state index in [1.165, 1.54) is 96.3 Å². The van der Waals surface area contributed by atoms with Crippen molar-refractivity contribution in [3.8, 4) is 0 Å². The summed E-state index contributed by atoms with van der Waals surface area (Å²) in [5, 5.41) is 31.7. The van der Waals surface area contributed by atoms with Gasteiger partial charge < -0.3 is 39.0 Å². The number of unbranched alkanes of at least 4 members (excludes halogenated alkanes) is 28. The number of esters is 3. The van der Waals surface area contributed by atoms with Gasteiger partial charge in [-0.1, -0.05) is 272 Å². The van der Waals surface area contributed by atoms with Crippen molar-refractivity contribution in [3.63, 3.8) is 0 Å². The molecule has 0 saturated carbocycles. The minimum absolute atomic E-state index is 0.0382. The molecule has 0 aromatic rings. The summed E-state index contributed by atoms with van der Waals surface area (Å²) in [5.74, 6) is -3.16. The molecule has 12 heteroatoms. The number of aliphatic hydroxyl groups is 2. The van der Waals surface area contributed by atoms with Gasteiger partial charge in [0.1, 0.15) is 18.8 Å². The van der Waals surface area contributed by atoms with Crippen molar-refractivity contribution in [2.75, 3.05) is 13.2 Å². The largest absolute Gasteiger partial charge is 0.479 e. The average molecular weight is 1190 g/mol. The van der Waals surface area contributed by atoms with E-state index in [4.69, 9.17) is 23.7 Å². The number of aliphatic hydroxyl groups excluding tert-OH is 2. The van der Waals surface area contributed by atoms with E-state index in [9.17, 15) is 34.5 Å². The van der Waals surface area contributed by atoms with Crippen LogP contribution in [-0.4, -0.2) is 89.2 Å². The van der Waals surface area contributed by atoms with Crippen molar-refractivity contribution < 1.29 is 58.2 Å². The van der Waals surface area contributed by atoms with Crippen molar-refractivity contribution in [2.45, 2.75) is 327 Å². The quantitative estimate of drug-likeness (QED) is 0.0228. The second-order valence-electron chi connectivity index (χ2n) is 23.1. The fourth-order valence-corrected chi connectivity index (χ4v) is 10.00. The monoisotopic (exact) mass is 1190 g/mol. The number of carboxylic acid groups (broad SMARTS) is 1. The molecule has 6 atom stereocenters. The average Bonchev–Trinajstić information content (AvgIpc) is 2.79. The van der Waals surface area contributed by atoms with Gasteiger partial charge >= 0.3 is 23.9 Å². The molecule has 0 aromatic heterocycles. The number of ether oxygens (including phenoxy) is 5. The Bertz CT molecular complexity index is 1840. The smallest absolute Gasteiger partial charge is 0.335 e.